The van der Waals surface area contributed by atoms with Crippen molar-refractivity contribution >= 4 is 29.1 Å². The van der Waals surface area contributed by atoms with Crippen molar-refractivity contribution in [3.8, 4) is 0 Å². The first-order valence-electron chi connectivity index (χ1n) is 7.46. The Morgan fingerprint density at radius 3 is 2.64 bits per heavy atom. The van der Waals surface area contributed by atoms with Gasteiger partial charge in [0.15, 0.2) is 0 Å². The van der Waals surface area contributed by atoms with E-state index in [1.54, 1.807) is 24.1 Å². The normalized spacial score (nSPS) is 25.1. The van der Waals surface area contributed by atoms with Gasteiger partial charge in [-0.1, -0.05) is 11.6 Å². The fourth-order valence-corrected chi connectivity index (χ4v) is 3.25. The number of carbonyl (C=O) groups is 2. The fourth-order valence-electron chi connectivity index (χ4n) is 3.12. The highest BCUT2D eigenvalue weighted by atomic mass is 35.5. The number of halogens is 1. The van der Waals surface area contributed by atoms with E-state index in [9.17, 15) is 9.59 Å². The fraction of sp³-hybridized carbons (Fsp3) is 0.500. The topological polar surface area (TPSA) is 49.9 Å². The van der Waals surface area contributed by atoms with E-state index in [-0.39, 0.29) is 30.3 Å². The quantitative estimate of drug-likeness (QED) is 0.854. The summed E-state index contributed by atoms with van der Waals surface area (Å²) in [4.78, 5) is 28.2. The maximum Gasteiger partial charge on any atom is 0.228 e. The number of anilines is 1. The average Bonchev–Trinajstić information content (AvgIpc) is 3.14. The molecule has 5 nitrogen and oxygen atoms in total. The number of amides is 2. The lowest BCUT2D eigenvalue weighted by atomic mass is 10.1. The highest BCUT2D eigenvalue weighted by molar-refractivity contribution is 6.30. The lowest BCUT2D eigenvalue weighted by molar-refractivity contribution is -0.135. The van der Waals surface area contributed by atoms with Crippen LogP contribution in [-0.4, -0.2) is 49.6 Å². The van der Waals surface area contributed by atoms with Gasteiger partial charge in [0.05, 0.1) is 12.0 Å². The van der Waals surface area contributed by atoms with Crippen LogP contribution in [0.2, 0.25) is 5.02 Å². The summed E-state index contributed by atoms with van der Waals surface area (Å²) < 4.78 is 5.29. The summed E-state index contributed by atoms with van der Waals surface area (Å²) in [7, 11) is 1.67. The molecule has 1 aromatic rings. The molecular weight excluding hydrogens is 304 g/mol. The van der Waals surface area contributed by atoms with Gasteiger partial charge in [-0.2, -0.15) is 0 Å². The summed E-state index contributed by atoms with van der Waals surface area (Å²) in [5.41, 5.74) is 0.792. The van der Waals surface area contributed by atoms with Crippen molar-refractivity contribution in [3.63, 3.8) is 0 Å². The molecule has 0 bridgehead atoms. The van der Waals surface area contributed by atoms with Gasteiger partial charge in [-0.25, -0.2) is 0 Å². The van der Waals surface area contributed by atoms with E-state index in [0.29, 0.717) is 24.7 Å². The molecule has 2 unspecified atom stereocenters. The molecule has 2 aliphatic rings. The van der Waals surface area contributed by atoms with E-state index >= 15 is 0 Å². The number of rotatable bonds is 3. The number of hydrogen-bond acceptors (Lipinski definition) is 3. The molecule has 2 heterocycles. The van der Waals surface area contributed by atoms with Crippen molar-refractivity contribution in [2.24, 2.45) is 5.92 Å². The van der Waals surface area contributed by atoms with Crippen molar-refractivity contribution in [3.05, 3.63) is 29.3 Å². The number of benzene rings is 1. The molecule has 2 fully saturated rings. The molecule has 2 amide bonds. The van der Waals surface area contributed by atoms with E-state index < -0.39 is 0 Å². The van der Waals surface area contributed by atoms with E-state index in [4.69, 9.17) is 16.3 Å². The van der Waals surface area contributed by atoms with Gasteiger partial charge in [-0.05, 0) is 30.7 Å². The van der Waals surface area contributed by atoms with Gasteiger partial charge in [-0.15, -0.1) is 0 Å². The third-order valence-corrected chi connectivity index (χ3v) is 4.65. The summed E-state index contributed by atoms with van der Waals surface area (Å²) in [5.74, 6) is -0.216. The Morgan fingerprint density at radius 2 is 2.00 bits per heavy atom. The van der Waals surface area contributed by atoms with Crippen LogP contribution in [0.4, 0.5) is 5.69 Å². The first-order valence-corrected chi connectivity index (χ1v) is 7.84. The Labute approximate surface area is 134 Å². The van der Waals surface area contributed by atoms with Crippen molar-refractivity contribution in [1.29, 1.82) is 0 Å². The monoisotopic (exact) mass is 322 g/mol. The molecule has 0 radical (unpaired) electrons. The van der Waals surface area contributed by atoms with Gasteiger partial charge in [0.2, 0.25) is 11.8 Å². The third kappa shape index (κ3) is 2.96. The molecule has 0 aromatic heterocycles. The van der Waals surface area contributed by atoms with Crippen LogP contribution in [0.5, 0.6) is 0 Å². The molecule has 3 rings (SSSR count). The Hall–Kier alpha value is -1.59. The molecule has 0 aliphatic carbocycles. The Bertz CT molecular complexity index is 575. The zero-order chi connectivity index (χ0) is 15.7. The van der Waals surface area contributed by atoms with Crippen LogP contribution in [0.1, 0.15) is 12.8 Å². The van der Waals surface area contributed by atoms with Gasteiger partial charge in [-0.3, -0.25) is 9.59 Å². The second kappa shape index (κ2) is 6.26. The minimum Gasteiger partial charge on any atom is -0.380 e. The predicted molar refractivity (Wildman–Crippen MR) is 83.9 cm³/mol. The van der Waals surface area contributed by atoms with E-state index in [1.807, 2.05) is 17.0 Å². The number of nitrogens with zero attached hydrogens (tertiary/aromatic N) is 2. The predicted octanol–water partition coefficient (Wildman–Crippen LogP) is 1.94. The van der Waals surface area contributed by atoms with Gasteiger partial charge < -0.3 is 14.5 Å². The first-order chi connectivity index (χ1) is 10.6. The first kappa shape index (κ1) is 15.3. The Kier molecular flexibility index (Phi) is 4.36. The summed E-state index contributed by atoms with van der Waals surface area (Å²) >= 11 is 5.87. The van der Waals surface area contributed by atoms with Crippen LogP contribution in [0.25, 0.3) is 0 Å². The van der Waals surface area contributed by atoms with Gasteiger partial charge in [0.1, 0.15) is 0 Å². The van der Waals surface area contributed by atoms with Crippen molar-refractivity contribution < 1.29 is 14.3 Å². The average molecular weight is 323 g/mol. The second-order valence-electron chi connectivity index (χ2n) is 5.81. The zero-order valence-corrected chi connectivity index (χ0v) is 13.3. The molecule has 22 heavy (non-hydrogen) atoms. The molecule has 1 aromatic carbocycles. The lowest BCUT2D eigenvalue weighted by Gasteiger charge is -2.21. The van der Waals surface area contributed by atoms with Gasteiger partial charge >= 0.3 is 0 Å². The zero-order valence-electron chi connectivity index (χ0n) is 12.5. The highest BCUT2D eigenvalue weighted by Gasteiger charge is 2.39. The number of carbonyl (C=O) groups excluding carboxylic acids is 2. The van der Waals surface area contributed by atoms with Gasteiger partial charge in [0, 0.05) is 43.9 Å². The van der Waals surface area contributed by atoms with E-state index in [1.165, 1.54) is 0 Å². The smallest absolute Gasteiger partial charge is 0.228 e. The van der Waals surface area contributed by atoms with Gasteiger partial charge in [0.25, 0.3) is 0 Å². The van der Waals surface area contributed by atoms with Crippen molar-refractivity contribution in [1.82, 2.24) is 4.90 Å². The van der Waals surface area contributed by atoms with Crippen LogP contribution in [0.3, 0.4) is 0 Å². The molecule has 118 valence electrons. The highest BCUT2D eigenvalue weighted by Crippen LogP contribution is 2.28. The molecule has 6 heteroatoms. The van der Waals surface area contributed by atoms with Crippen LogP contribution < -0.4 is 4.90 Å². The molecule has 0 spiro atoms. The van der Waals surface area contributed by atoms with Crippen molar-refractivity contribution in [2.75, 3.05) is 31.6 Å². The standard InChI is InChI=1S/C16H19ClN2O3/c1-22-14-6-7-18(10-14)16(21)11-8-15(20)19(9-11)13-4-2-12(17)3-5-13/h2-5,11,14H,6-10H2,1H3. The number of hydrogen-bond donors (Lipinski definition) is 0. The van der Waals surface area contributed by atoms with Crippen LogP contribution >= 0.6 is 11.6 Å². The Morgan fingerprint density at radius 1 is 1.27 bits per heavy atom. The molecule has 0 saturated carbocycles. The van der Waals surface area contributed by atoms with E-state index in [0.717, 1.165) is 12.1 Å². The van der Waals surface area contributed by atoms with Crippen LogP contribution in [0.15, 0.2) is 24.3 Å². The summed E-state index contributed by atoms with van der Waals surface area (Å²) in [6.07, 6.45) is 1.26. The molecular formula is C16H19ClN2O3. The number of ether oxygens (including phenoxy) is 1. The number of methoxy groups -OCH3 is 1. The third-order valence-electron chi connectivity index (χ3n) is 4.40. The second-order valence-corrected chi connectivity index (χ2v) is 6.25. The molecule has 2 atom stereocenters. The largest absolute Gasteiger partial charge is 0.380 e. The molecule has 0 N–H and O–H groups in total. The molecule has 2 saturated heterocycles. The number of likely N-dealkylation sites (tertiary alicyclic amines) is 1. The minimum atomic E-state index is -0.265. The summed E-state index contributed by atoms with van der Waals surface area (Å²) in [6.45, 7) is 1.78. The van der Waals surface area contributed by atoms with Crippen LogP contribution in [0, 0.1) is 5.92 Å². The SMILES string of the molecule is COC1CCN(C(=O)C2CC(=O)N(c3ccc(Cl)cc3)C2)C1. The minimum absolute atomic E-state index is 0.0110. The van der Waals surface area contributed by atoms with Crippen molar-refractivity contribution in [2.45, 2.75) is 18.9 Å². The summed E-state index contributed by atoms with van der Waals surface area (Å²) in [6, 6.07) is 7.12. The summed E-state index contributed by atoms with van der Waals surface area (Å²) in [5, 5.41) is 0.630. The maximum atomic E-state index is 12.6. The molecule has 2 aliphatic heterocycles. The Balaban J connectivity index is 1.66. The van der Waals surface area contributed by atoms with Crippen LogP contribution in [-0.2, 0) is 14.3 Å². The maximum absolute atomic E-state index is 12.6. The van der Waals surface area contributed by atoms with E-state index in [2.05, 4.69) is 0 Å². The lowest BCUT2D eigenvalue weighted by Crippen LogP contribution is -2.36.